The minimum Gasteiger partial charge on any atom is -0.481 e. The van der Waals surface area contributed by atoms with Crippen molar-refractivity contribution in [1.82, 2.24) is 0 Å². The molecule has 0 amide bonds. The monoisotopic (exact) mass is 281 g/mol. The highest BCUT2D eigenvalue weighted by Crippen LogP contribution is 2.37. The van der Waals surface area contributed by atoms with E-state index in [-0.39, 0.29) is 6.10 Å². The molecule has 0 aromatic heterocycles. The molecule has 2 aromatic carbocycles. The van der Waals surface area contributed by atoms with E-state index in [9.17, 15) is 0 Å². The van der Waals surface area contributed by atoms with Crippen LogP contribution in [-0.4, -0.2) is 6.54 Å². The Morgan fingerprint density at radius 1 is 1.10 bits per heavy atom. The van der Waals surface area contributed by atoms with Crippen LogP contribution in [0, 0.1) is 13.8 Å². The van der Waals surface area contributed by atoms with Crippen LogP contribution in [0.2, 0.25) is 0 Å². The molecule has 0 radical (unpaired) electrons. The minimum absolute atomic E-state index is 0.0834. The summed E-state index contributed by atoms with van der Waals surface area (Å²) < 4.78 is 6.24. The lowest BCUT2D eigenvalue weighted by Gasteiger charge is -2.29. The molecule has 0 aliphatic carbocycles. The number of anilines is 1. The van der Waals surface area contributed by atoms with Crippen LogP contribution in [0.5, 0.6) is 5.75 Å². The van der Waals surface area contributed by atoms with Crippen LogP contribution in [0.1, 0.15) is 48.1 Å². The Kier molecular flexibility index (Phi) is 3.62. The van der Waals surface area contributed by atoms with Gasteiger partial charge < -0.3 is 10.1 Å². The highest BCUT2D eigenvalue weighted by Gasteiger charge is 2.22. The Bertz CT molecular complexity index is 643. The highest BCUT2D eigenvalue weighted by molar-refractivity contribution is 5.63. The topological polar surface area (TPSA) is 21.3 Å². The van der Waals surface area contributed by atoms with Crippen molar-refractivity contribution in [3.05, 3.63) is 58.7 Å². The van der Waals surface area contributed by atoms with Crippen molar-refractivity contribution in [2.24, 2.45) is 0 Å². The van der Waals surface area contributed by atoms with Gasteiger partial charge in [0.25, 0.3) is 0 Å². The van der Waals surface area contributed by atoms with Crippen molar-refractivity contribution in [3.63, 3.8) is 0 Å². The summed E-state index contributed by atoms with van der Waals surface area (Å²) in [6.07, 6.45) is 0.0834. The van der Waals surface area contributed by atoms with Crippen molar-refractivity contribution in [2.45, 2.75) is 39.7 Å². The van der Waals surface area contributed by atoms with Crippen molar-refractivity contribution in [2.75, 3.05) is 11.9 Å². The first-order valence-electron chi connectivity index (χ1n) is 7.66. The third-order valence-corrected chi connectivity index (χ3v) is 4.13. The van der Waals surface area contributed by atoms with Gasteiger partial charge in [-0.15, -0.1) is 0 Å². The summed E-state index contributed by atoms with van der Waals surface area (Å²) in [5.74, 6) is 1.56. The molecule has 2 heteroatoms. The third kappa shape index (κ3) is 2.76. The smallest absolute Gasteiger partial charge is 0.146 e. The molecule has 1 aliphatic rings. The molecule has 1 aliphatic heterocycles. The maximum absolute atomic E-state index is 6.24. The first kappa shape index (κ1) is 14.0. The predicted octanol–water partition coefficient (Wildman–Crippen LogP) is 4.97. The number of ether oxygens (including phenoxy) is 1. The van der Waals surface area contributed by atoms with Gasteiger partial charge in [-0.3, -0.25) is 0 Å². The van der Waals surface area contributed by atoms with E-state index in [0.29, 0.717) is 5.92 Å². The van der Waals surface area contributed by atoms with Crippen LogP contribution in [0.4, 0.5) is 5.69 Å². The van der Waals surface area contributed by atoms with Crippen LogP contribution in [0.25, 0.3) is 0 Å². The van der Waals surface area contributed by atoms with Gasteiger partial charge in [-0.25, -0.2) is 0 Å². The Labute approximate surface area is 127 Å². The first-order valence-corrected chi connectivity index (χ1v) is 7.66. The Morgan fingerprint density at radius 2 is 1.81 bits per heavy atom. The van der Waals surface area contributed by atoms with Gasteiger partial charge in [0.2, 0.25) is 0 Å². The van der Waals surface area contributed by atoms with E-state index in [2.05, 4.69) is 69.4 Å². The molecular formula is C19H23NO. The molecule has 3 rings (SSSR count). The number of hydrogen-bond donors (Lipinski definition) is 1. The molecule has 21 heavy (non-hydrogen) atoms. The van der Waals surface area contributed by atoms with Crippen molar-refractivity contribution in [1.29, 1.82) is 0 Å². The highest BCUT2D eigenvalue weighted by atomic mass is 16.5. The fourth-order valence-corrected chi connectivity index (χ4v) is 2.91. The van der Waals surface area contributed by atoms with E-state index in [1.807, 2.05) is 0 Å². The molecule has 0 saturated carbocycles. The number of rotatable bonds is 2. The van der Waals surface area contributed by atoms with Crippen LogP contribution in [-0.2, 0) is 0 Å². The summed E-state index contributed by atoms with van der Waals surface area (Å²) in [6.45, 7) is 9.48. The summed E-state index contributed by atoms with van der Waals surface area (Å²) in [6, 6.07) is 13.1. The van der Waals surface area contributed by atoms with Gasteiger partial charge in [0, 0.05) is 0 Å². The van der Waals surface area contributed by atoms with Crippen molar-refractivity contribution < 1.29 is 4.74 Å². The molecule has 0 fully saturated rings. The molecule has 1 unspecified atom stereocenters. The second kappa shape index (κ2) is 5.44. The average Bonchev–Trinajstić information content (AvgIpc) is 2.47. The van der Waals surface area contributed by atoms with E-state index >= 15 is 0 Å². The second-order valence-electron chi connectivity index (χ2n) is 6.27. The molecule has 1 atom stereocenters. The SMILES string of the molecule is Cc1cc(C)c2c(c1)NCC(c1ccc(C(C)C)cc1)O2. The zero-order valence-electron chi connectivity index (χ0n) is 13.2. The Balaban J connectivity index is 1.86. The van der Waals surface area contributed by atoms with E-state index in [4.69, 9.17) is 4.74 Å². The van der Waals surface area contributed by atoms with Crippen LogP contribution in [0.15, 0.2) is 36.4 Å². The number of hydrogen-bond acceptors (Lipinski definition) is 2. The summed E-state index contributed by atoms with van der Waals surface area (Å²) in [5.41, 5.74) is 6.18. The zero-order chi connectivity index (χ0) is 15.0. The summed E-state index contributed by atoms with van der Waals surface area (Å²) in [7, 11) is 0. The molecule has 2 nitrogen and oxygen atoms in total. The van der Waals surface area contributed by atoms with Crippen molar-refractivity contribution >= 4 is 5.69 Å². The van der Waals surface area contributed by atoms with Gasteiger partial charge in [-0.2, -0.15) is 0 Å². The molecule has 1 heterocycles. The predicted molar refractivity (Wildman–Crippen MR) is 88.3 cm³/mol. The van der Waals surface area contributed by atoms with E-state index < -0.39 is 0 Å². The number of aryl methyl sites for hydroxylation is 2. The summed E-state index contributed by atoms with van der Waals surface area (Å²) in [4.78, 5) is 0. The van der Waals surface area contributed by atoms with Crippen LogP contribution in [0.3, 0.4) is 0 Å². The number of fused-ring (bicyclic) bond motifs is 1. The lowest BCUT2D eigenvalue weighted by Crippen LogP contribution is -2.24. The molecule has 2 aromatic rings. The maximum atomic E-state index is 6.24. The normalized spacial score (nSPS) is 17.1. The lowest BCUT2D eigenvalue weighted by molar-refractivity contribution is 0.209. The standard InChI is InChI=1S/C19H23NO/c1-12(2)15-5-7-16(8-6-15)18-11-20-17-10-13(3)9-14(4)19(17)21-18/h5-10,12,18,20H,11H2,1-4H3. The van der Waals surface area contributed by atoms with Gasteiger partial charge in [0.15, 0.2) is 0 Å². The molecule has 0 spiro atoms. The third-order valence-electron chi connectivity index (χ3n) is 4.13. The van der Waals surface area contributed by atoms with Crippen LogP contribution < -0.4 is 10.1 Å². The molecule has 0 bridgehead atoms. The second-order valence-corrected chi connectivity index (χ2v) is 6.27. The van der Waals surface area contributed by atoms with Crippen molar-refractivity contribution in [3.8, 4) is 5.75 Å². The van der Waals surface area contributed by atoms with Crippen LogP contribution >= 0.6 is 0 Å². The van der Waals surface area contributed by atoms with Gasteiger partial charge in [-0.1, -0.05) is 44.2 Å². The summed E-state index contributed by atoms with van der Waals surface area (Å²) in [5, 5.41) is 3.51. The quantitative estimate of drug-likeness (QED) is 0.839. The maximum Gasteiger partial charge on any atom is 0.146 e. The molecular weight excluding hydrogens is 258 g/mol. The Hall–Kier alpha value is -1.96. The minimum atomic E-state index is 0.0834. The fraction of sp³-hybridized carbons (Fsp3) is 0.368. The van der Waals surface area contributed by atoms with Gasteiger partial charge in [0.05, 0.1) is 12.2 Å². The molecule has 0 saturated heterocycles. The summed E-state index contributed by atoms with van der Waals surface area (Å²) >= 11 is 0. The number of nitrogens with one attached hydrogen (secondary N) is 1. The molecule has 1 N–H and O–H groups in total. The first-order chi connectivity index (χ1) is 10.0. The largest absolute Gasteiger partial charge is 0.481 e. The molecule has 110 valence electrons. The van der Waals surface area contributed by atoms with E-state index in [1.54, 1.807) is 0 Å². The van der Waals surface area contributed by atoms with Gasteiger partial charge in [0.1, 0.15) is 11.9 Å². The lowest BCUT2D eigenvalue weighted by atomic mass is 9.99. The van der Waals surface area contributed by atoms with E-state index in [1.165, 1.54) is 22.3 Å². The van der Waals surface area contributed by atoms with Gasteiger partial charge in [-0.05, 0) is 48.1 Å². The average molecular weight is 281 g/mol. The van der Waals surface area contributed by atoms with Gasteiger partial charge >= 0.3 is 0 Å². The number of benzene rings is 2. The Morgan fingerprint density at radius 3 is 2.48 bits per heavy atom. The van der Waals surface area contributed by atoms with E-state index in [0.717, 1.165) is 18.0 Å². The zero-order valence-corrected chi connectivity index (χ0v) is 13.2. The fourth-order valence-electron chi connectivity index (χ4n) is 2.91.